The van der Waals surface area contributed by atoms with E-state index in [-0.39, 0.29) is 6.61 Å². The van der Waals surface area contributed by atoms with Crippen LogP contribution in [0.4, 0.5) is 5.69 Å². The smallest absolute Gasteiger partial charge is 0.233 e. The molecule has 2 aromatic carbocycles. The maximum Gasteiger partial charge on any atom is 0.233 e. The molecule has 104 valence electrons. The number of hydrogen-bond acceptors (Lipinski definition) is 4. The molecule has 3 N–H and O–H groups in total. The van der Waals surface area contributed by atoms with Gasteiger partial charge in [-0.1, -0.05) is 42.5 Å². The Hall–Kier alpha value is -2.46. The minimum atomic E-state index is -0.538. The van der Waals surface area contributed by atoms with E-state index in [9.17, 15) is 9.59 Å². The molecule has 0 saturated carbocycles. The standard InChI is InChI=1S/C14H11NO2.C2H6O/c15-12-8-4-7-11(9-12)14(17)13(16)10-5-2-1-3-6-10;1-2-3/h1-9H,15H2;3H,2H2,1H3. The Bertz CT molecular complexity index is 579. The van der Waals surface area contributed by atoms with Gasteiger partial charge >= 0.3 is 0 Å². The van der Waals surface area contributed by atoms with Crippen molar-refractivity contribution in [2.45, 2.75) is 6.92 Å². The van der Waals surface area contributed by atoms with E-state index in [0.717, 1.165) is 0 Å². The van der Waals surface area contributed by atoms with E-state index in [0.29, 0.717) is 16.8 Å². The van der Waals surface area contributed by atoms with Crippen molar-refractivity contribution in [3.8, 4) is 0 Å². The molecule has 4 heteroatoms. The lowest BCUT2D eigenvalue weighted by molar-refractivity contribution is 0.0817. The van der Waals surface area contributed by atoms with Gasteiger partial charge in [0.2, 0.25) is 11.6 Å². The number of rotatable bonds is 3. The summed E-state index contributed by atoms with van der Waals surface area (Å²) >= 11 is 0. The average molecular weight is 271 g/mol. The second-order valence-electron chi connectivity index (χ2n) is 3.97. The summed E-state index contributed by atoms with van der Waals surface area (Å²) in [5, 5.41) is 7.57. The maximum absolute atomic E-state index is 11.9. The van der Waals surface area contributed by atoms with Crippen molar-refractivity contribution >= 4 is 17.3 Å². The molecule has 2 aromatic rings. The van der Waals surface area contributed by atoms with E-state index in [1.165, 1.54) is 6.07 Å². The highest BCUT2D eigenvalue weighted by Gasteiger charge is 2.17. The number of aliphatic hydroxyl groups excluding tert-OH is 1. The Balaban J connectivity index is 0.000000612. The molecule has 20 heavy (non-hydrogen) atoms. The Kier molecular flexibility index (Phi) is 6.13. The lowest BCUT2D eigenvalue weighted by atomic mass is 10.0. The monoisotopic (exact) mass is 271 g/mol. The number of nitrogen functional groups attached to an aromatic ring is 1. The van der Waals surface area contributed by atoms with E-state index >= 15 is 0 Å². The molecule has 0 radical (unpaired) electrons. The molecule has 0 spiro atoms. The van der Waals surface area contributed by atoms with E-state index in [2.05, 4.69) is 0 Å². The normalized spacial score (nSPS) is 9.30. The van der Waals surface area contributed by atoms with Crippen LogP contribution in [0.5, 0.6) is 0 Å². The molecule has 0 amide bonds. The van der Waals surface area contributed by atoms with Gasteiger partial charge in [0, 0.05) is 23.4 Å². The highest BCUT2D eigenvalue weighted by atomic mass is 16.2. The Morgan fingerprint density at radius 2 is 1.45 bits per heavy atom. The molecule has 0 aliphatic carbocycles. The zero-order valence-corrected chi connectivity index (χ0v) is 11.2. The van der Waals surface area contributed by atoms with Crippen LogP contribution in [0.3, 0.4) is 0 Å². The third kappa shape index (κ3) is 4.33. The summed E-state index contributed by atoms with van der Waals surface area (Å²) in [4.78, 5) is 23.8. The van der Waals surface area contributed by atoms with Gasteiger partial charge < -0.3 is 10.8 Å². The van der Waals surface area contributed by atoms with Crippen LogP contribution in [0.15, 0.2) is 54.6 Å². The SMILES string of the molecule is CCO.Nc1cccc(C(=O)C(=O)c2ccccc2)c1. The summed E-state index contributed by atoms with van der Waals surface area (Å²) in [6, 6.07) is 14.9. The Morgan fingerprint density at radius 3 is 2.00 bits per heavy atom. The number of Topliss-reactive ketones (excluding diaryl/α,β-unsaturated/α-hetero) is 2. The van der Waals surface area contributed by atoms with Crippen LogP contribution >= 0.6 is 0 Å². The summed E-state index contributed by atoms with van der Waals surface area (Å²) in [7, 11) is 0. The summed E-state index contributed by atoms with van der Waals surface area (Å²) in [5.74, 6) is -1.06. The number of carbonyl (C=O) groups excluding carboxylic acids is 2. The van der Waals surface area contributed by atoms with E-state index < -0.39 is 11.6 Å². The molecule has 0 unspecified atom stereocenters. The summed E-state index contributed by atoms with van der Waals surface area (Å²) in [6.07, 6.45) is 0. The van der Waals surface area contributed by atoms with Crippen LogP contribution in [-0.4, -0.2) is 23.3 Å². The number of hydrogen-bond donors (Lipinski definition) is 2. The zero-order valence-electron chi connectivity index (χ0n) is 11.2. The van der Waals surface area contributed by atoms with E-state index in [1.807, 2.05) is 0 Å². The summed E-state index contributed by atoms with van der Waals surface area (Å²) in [6.45, 7) is 1.93. The lowest BCUT2D eigenvalue weighted by Gasteiger charge is -2.01. The minimum absolute atomic E-state index is 0.250. The van der Waals surface area contributed by atoms with Gasteiger partial charge in [0.25, 0.3) is 0 Å². The van der Waals surface area contributed by atoms with Crippen LogP contribution in [0.2, 0.25) is 0 Å². The number of nitrogens with two attached hydrogens (primary N) is 1. The van der Waals surface area contributed by atoms with Crippen molar-refractivity contribution in [3.05, 3.63) is 65.7 Å². The second-order valence-corrected chi connectivity index (χ2v) is 3.97. The largest absolute Gasteiger partial charge is 0.399 e. The fraction of sp³-hybridized carbons (Fsp3) is 0.125. The fourth-order valence-corrected chi connectivity index (χ4v) is 1.53. The highest BCUT2D eigenvalue weighted by Crippen LogP contribution is 2.11. The van der Waals surface area contributed by atoms with Gasteiger partial charge in [-0.05, 0) is 19.1 Å². The molecule has 0 saturated heterocycles. The molecule has 0 aromatic heterocycles. The maximum atomic E-state index is 11.9. The number of aliphatic hydroxyl groups is 1. The average Bonchev–Trinajstić information content (AvgIpc) is 2.47. The van der Waals surface area contributed by atoms with Crippen LogP contribution in [0, 0.1) is 0 Å². The van der Waals surface area contributed by atoms with Gasteiger partial charge in [0.1, 0.15) is 0 Å². The molecule has 0 bridgehead atoms. The van der Waals surface area contributed by atoms with Gasteiger partial charge in [0.05, 0.1) is 0 Å². The molecule has 0 atom stereocenters. The Labute approximate surface area is 117 Å². The van der Waals surface area contributed by atoms with E-state index in [4.69, 9.17) is 10.8 Å². The number of anilines is 1. The van der Waals surface area contributed by atoms with Gasteiger partial charge in [0.15, 0.2) is 0 Å². The number of ketones is 2. The van der Waals surface area contributed by atoms with Gasteiger partial charge in [-0.3, -0.25) is 9.59 Å². The van der Waals surface area contributed by atoms with Gasteiger partial charge in [-0.2, -0.15) is 0 Å². The molecule has 2 rings (SSSR count). The van der Waals surface area contributed by atoms with Crippen molar-refractivity contribution in [1.29, 1.82) is 0 Å². The molecule has 0 aliphatic rings. The zero-order chi connectivity index (χ0) is 15.0. The topological polar surface area (TPSA) is 80.4 Å². The molecule has 0 heterocycles. The van der Waals surface area contributed by atoms with Gasteiger partial charge in [-0.25, -0.2) is 0 Å². The summed E-state index contributed by atoms with van der Waals surface area (Å²) in [5.41, 5.74) is 6.75. The molecular formula is C16H17NO3. The first-order chi connectivity index (χ1) is 9.60. The second kappa shape index (κ2) is 7.86. The molecule has 0 aliphatic heterocycles. The van der Waals surface area contributed by atoms with Crippen molar-refractivity contribution in [2.75, 3.05) is 12.3 Å². The van der Waals surface area contributed by atoms with Crippen molar-refractivity contribution in [3.63, 3.8) is 0 Å². The van der Waals surface area contributed by atoms with Crippen LogP contribution in [-0.2, 0) is 0 Å². The minimum Gasteiger partial charge on any atom is -0.399 e. The first-order valence-electron chi connectivity index (χ1n) is 6.20. The van der Waals surface area contributed by atoms with Crippen LogP contribution < -0.4 is 5.73 Å². The summed E-state index contributed by atoms with van der Waals surface area (Å²) < 4.78 is 0. The van der Waals surface area contributed by atoms with Gasteiger partial charge in [-0.15, -0.1) is 0 Å². The molecule has 0 fully saturated rings. The van der Waals surface area contributed by atoms with Crippen molar-refractivity contribution in [2.24, 2.45) is 0 Å². The van der Waals surface area contributed by atoms with Crippen molar-refractivity contribution < 1.29 is 14.7 Å². The third-order valence-corrected chi connectivity index (χ3v) is 2.39. The predicted octanol–water partition coefficient (Wildman–Crippen LogP) is 2.33. The Morgan fingerprint density at radius 1 is 0.950 bits per heavy atom. The predicted molar refractivity (Wildman–Crippen MR) is 78.7 cm³/mol. The number of carbonyl (C=O) groups is 2. The van der Waals surface area contributed by atoms with Crippen molar-refractivity contribution in [1.82, 2.24) is 0 Å². The van der Waals surface area contributed by atoms with Crippen LogP contribution in [0.1, 0.15) is 27.6 Å². The van der Waals surface area contributed by atoms with Crippen LogP contribution in [0.25, 0.3) is 0 Å². The van der Waals surface area contributed by atoms with E-state index in [1.54, 1.807) is 55.5 Å². The first-order valence-corrected chi connectivity index (χ1v) is 6.20. The molecular weight excluding hydrogens is 254 g/mol. The lowest BCUT2D eigenvalue weighted by Crippen LogP contribution is -2.14. The first kappa shape index (κ1) is 15.6. The third-order valence-electron chi connectivity index (χ3n) is 2.39. The quantitative estimate of drug-likeness (QED) is 0.510. The number of benzene rings is 2. The fourth-order valence-electron chi connectivity index (χ4n) is 1.53. The highest BCUT2D eigenvalue weighted by molar-refractivity contribution is 6.49. The molecule has 4 nitrogen and oxygen atoms in total.